The lowest BCUT2D eigenvalue weighted by Crippen LogP contribution is -2.31. The van der Waals surface area contributed by atoms with Gasteiger partial charge in [-0.05, 0) is 31.9 Å². The van der Waals surface area contributed by atoms with E-state index in [0.29, 0.717) is 11.7 Å². The molecule has 5 nitrogen and oxygen atoms in total. The Balaban J connectivity index is 1.96. The topological polar surface area (TPSA) is 74.2 Å². The molecule has 0 saturated heterocycles. The number of rotatable bonds is 5. The van der Waals surface area contributed by atoms with Gasteiger partial charge in [0.1, 0.15) is 11.5 Å². The maximum Gasteiger partial charge on any atom is 0.270 e. The van der Waals surface area contributed by atoms with Gasteiger partial charge in [0.15, 0.2) is 0 Å². The van der Waals surface area contributed by atoms with Gasteiger partial charge >= 0.3 is 0 Å². The van der Waals surface area contributed by atoms with Crippen molar-refractivity contribution in [3.63, 3.8) is 0 Å². The zero-order valence-electron chi connectivity index (χ0n) is 9.81. The van der Waals surface area contributed by atoms with Crippen LogP contribution in [0.15, 0.2) is 18.2 Å². The lowest BCUT2D eigenvalue weighted by molar-refractivity contribution is 0.0919. The third-order valence-corrected chi connectivity index (χ3v) is 2.47. The molecule has 0 aromatic carbocycles. The van der Waals surface area contributed by atoms with Gasteiger partial charge in [-0.2, -0.15) is 0 Å². The van der Waals surface area contributed by atoms with Crippen LogP contribution in [0.25, 0.3) is 0 Å². The van der Waals surface area contributed by atoms with Gasteiger partial charge in [-0.1, -0.05) is 6.07 Å². The Morgan fingerprint density at radius 2 is 2.35 bits per heavy atom. The summed E-state index contributed by atoms with van der Waals surface area (Å²) >= 11 is 0. The standard InChI is InChI=1S/C12H17N3O2/c1-8(16)7-13-12(17)10-3-2-4-11(15-10)14-9-5-6-9/h2-4,8-9,16H,5-7H2,1H3,(H,13,17)(H,14,15). The smallest absolute Gasteiger partial charge is 0.270 e. The summed E-state index contributed by atoms with van der Waals surface area (Å²) in [6, 6.07) is 5.83. The summed E-state index contributed by atoms with van der Waals surface area (Å²) < 4.78 is 0. The summed E-state index contributed by atoms with van der Waals surface area (Å²) in [5, 5.41) is 14.9. The largest absolute Gasteiger partial charge is 0.392 e. The fourth-order valence-corrected chi connectivity index (χ4v) is 1.41. The van der Waals surface area contributed by atoms with Crippen molar-refractivity contribution in [3.8, 4) is 0 Å². The maximum absolute atomic E-state index is 11.7. The summed E-state index contributed by atoms with van der Waals surface area (Å²) in [5.41, 5.74) is 0.372. The molecule has 1 fully saturated rings. The number of pyridine rings is 1. The molecule has 0 bridgehead atoms. The Labute approximate surface area is 100 Å². The summed E-state index contributed by atoms with van der Waals surface area (Å²) in [4.78, 5) is 15.9. The summed E-state index contributed by atoms with van der Waals surface area (Å²) in [6.07, 6.45) is 1.78. The number of carbonyl (C=O) groups excluding carboxylic acids is 1. The van der Waals surface area contributed by atoms with Crippen LogP contribution in [-0.2, 0) is 0 Å². The van der Waals surface area contributed by atoms with Crippen molar-refractivity contribution in [2.75, 3.05) is 11.9 Å². The number of hydrogen-bond acceptors (Lipinski definition) is 4. The van der Waals surface area contributed by atoms with Crippen LogP contribution < -0.4 is 10.6 Å². The van der Waals surface area contributed by atoms with E-state index >= 15 is 0 Å². The zero-order chi connectivity index (χ0) is 12.3. The molecule has 1 aliphatic carbocycles. The molecule has 3 N–H and O–H groups in total. The molecule has 1 aromatic rings. The lowest BCUT2D eigenvalue weighted by atomic mass is 10.3. The summed E-state index contributed by atoms with van der Waals surface area (Å²) in [6.45, 7) is 1.86. The Hall–Kier alpha value is -1.62. The van der Waals surface area contributed by atoms with Gasteiger partial charge in [-0.3, -0.25) is 4.79 Å². The van der Waals surface area contributed by atoms with E-state index in [9.17, 15) is 4.79 Å². The summed E-state index contributed by atoms with van der Waals surface area (Å²) in [7, 11) is 0. The number of amides is 1. The maximum atomic E-state index is 11.7. The second kappa shape index (κ2) is 5.14. The Morgan fingerprint density at radius 1 is 1.59 bits per heavy atom. The number of nitrogens with one attached hydrogen (secondary N) is 2. The van der Waals surface area contributed by atoms with Gasteiger partial charge < -0.3 is 15.7 Å². The van der Waals surface area contributed by atoms with Gasteiger partial charge in [-0.15, -0.1) is 0 Å². The van der Waals surface area contributed by atoms with Crippen LogP contribution in [0.1, 0.15) is 30.3 Å². The highest BCUT2D eigenvalue weighted by atomic mass is 16.3. The molecule has 17 heavy (non-hydrogen) atoms. The summed E-state index contributed by atoms with van der Waals surface area (Å²) in [5.74, 6) is 0.475. The molecular formula is C12H17N3O2. The van der Waals surface area contributed by atoms with Crippen molar-refractivity contribution in [2.24, 2.45) is 0 Å². The first-order valence-electron chi connectivity index (χ1n) is 5.85. The zero-order valence-corrected chi connectivity index (χ0v) is 9.81. The number of nitrogens with zero attached hydrogens (tertiary/aromatic N) is 1. The van der Waals surface area contributed by atoms with Gasteiger partial charge in [-0.25, -0.2) is 4.98 Å². The average Bonchev–Trinajstić information content (AvgIpc) is 3.10. The molecule has 1 aromatic heterocycles. The minimum Gasteiger partial charge on any atom is -0.392 e. The Kier molecular flexibility index (Phi) is 3.58. The van der Waals surface area contributed by atoms with Crippen LogP contribution in [-0.4, -0.2) is 34.7 Å². The van der Waals surface area contributed by atoms with Crippen molar-refractivity contribution in [1.29, 1.82) is 0 Å². The molecule has 0 spiro atoms. The Bertz CT molecular complexity index is 402. The van der Waals surface area contributed by atoms with Crippen molar-refractivity contribution >= 4 is 11.7 Å². The molecular weight excluding hydrogens is 218 g/mol. The van der Waals surface area contributed by atoms with E-state index < -0.39 is 6.10 Å². The fraction of sp³-hybridized carbons (Fsp3) is 0.500. The van der Waals surface area contributed by atoms with E-state index in [1.807, 2.05) is 6.07 Å². The highest BCUT2D eigenvalue weighted by Crippen LogP contribution is 2.23. The van der Waals surface area contributed by atoms with Gasteiger partial charge in [0.05, 0.1) is 6.10 Å². The third-order valence-electron chi connectivity index (χ3n) is 2.47. The van der Waals surface area contributed by atoms with Crippen LogP contribution in [0.2, 0.25) is 0 Å². The van der Waals surface area contributed by atoms with E-state index in [0.717, 1.165) is 5.82 Å². The normalized spacial score (nSPS) is 16.4. The number of aromatic nitrogens is 1. The average molecular weight is 235 g/mol. The van der Waals surface area contributed by atoms with Crippen LogP contribution in [0.5, 0.6) is 0 Å². The van der Waals surface area contributed by atoms with E-state index in [2.05, 4.69) is 15.6 Å². The van der Waals surface area contributed by atoms with Crippen molar-refractivity contribution in [2.45, 2.75) is 31.9 Å². The predicted octanol–water partition coefficient (Wildman–Crippen LogP) is 0.767. The quantitative estimate of drug-likeness (QED) is 0.704. The molecule has 2 rings (SSSR count). The number of aliphatic hydroxyl groups excluding tert-OH is 1. The van der Waals surface area contributed by atoms with Crippen molar-refractivity contribution < 1.29 is 9.90 Å². The van der Waals surface area contributed by atoms with Crippen molar-refractivity contribution in [1.82, 2.24) is 10.3 Å². The van der Waals surface area contributed by atoms with E-state index in [-0.39, 0.29) is 12.5 Å². The molecule has 0 radical (unpaired) electrons. The molecule has 1 aliphatic rings. The van der Waals surface area contributed by atoms with E-state index in [4.69, 9.17) is 5.11 Å². The minimum atomic E-state index is -0.549. The van der Waals surface area contributed by atoms with Crippen LogP contribution >= 0.6 is 0 Å². The lowest BCUT2D eigenvalue weighted by Gasteiger charge is -2.08. The molecule has 0 aliphatic heterocycles. The number of carbonyl (C=O) groups is 1. The van der Waals surface area contributed by atoms with Gasteiger partial charge in [0.25, 0.3) is 5.91 Å². The van der Waals surface area contributed by atoms with Crippen LogP contribution in [0.3, 0.4) is 0 Å². The first-order chi connectivity index (χ1) is 8.15. The second-order valence-corrected chi connectivity index (χ2v) is 4.39. The SMILES string of the molecule is CC(O)CNC(=O)c1cccc(NC2CC2)n1. The molecule has 1 amide bonds. The van der Waals surface area contributed by atoms with E-state index in [1.165, 1.54) is 12.8 Å². The number of anilines is 1. The second-order valence-electron chi connectivity index (χ2n) is 4.39. The van der Waals surface area contributed by atoms with Crippen LogP contribution in [0, 0.1) is 0 Å². The Morgan fingerprint density at radius 3 is 3.00 bits per heavy atom. The molecule has 1 heterocycles. The van der Waals surface area contributed by atoms with E-state index in [1.54, 1.807) is 19.1 Å². The third kappa shape index (κ3) is 3.71. The highest BCUT2D eigenvalue weighted by molar-refractivity contribution is 5.92. The predicted molar refractivity (Wildman–Crippen MR) is 64.9 cm³/mol. The van der Waals surface area contributed by atoms with Crippen LogP contribution in [0.4, 0.5) is 5.82 Å². The molecule has 5 heteroatoms. The van der Waals surface area contributed by atoms with Gasteiger partial charge in [0.2, 0.25) is 0 Å². The van der Waals surface area contributed by atoms with Gasteiger partial charge in [0, 0.05) is 12.6 Å². The number of aliphatic hydroxyl groups is 1. The fourth-order valence-electron chi connectivity index (χ4n) is 1.41. The number of hydrogen-bond donors (Lipinski definition) is 3. The molecule has 1 saturated carbocycles. The first-order valence-corrected chi connectivity index (χ1v) is 5.85. The first kappa shape index (κ1) is 11.9. The monoisotopic (exact) mass is 235 g/mol. The minimum absolute atomic E-state index is 0.237. The molecule has 1 atom stereocenters. The molecule has 1 unspecified atom stereocenters. The van der Waals surface area contributed by atoms with Crippen molar-refractivity contribution in [3.05, 3.63) is 23.9 Å². The molecule has 92 valence electrons. The highest BCUT2D eigenvalue weighted by Gasteiger charge is 2.21.